The number of tetrazole rings is 1. The van der Waals surface area contributed by atoms with Crippen molar-refractivity contribution in [2.75, 3.05) is 0 Å². The molecule has 1 saturated heterocycles. The lowest BCUT2D eigenvalue weighted by atomic mass is 9.75. The van der Waals surface area contributed by atoms with Crippen molar-refractivity contribution in [3.05, 3.63) is 35.9 Å². The van der Waals surface area contributed by atoms with Crippen molar-refractivity contribution < 1.29 is 27.8 Å². The zero-order chi connectivity index (χ0) is 23.0. The number of rotatable bonds is 6. The average Bonchev–Trinajstić information content (AvgIpc) is 3.15. The van der Waals surface area contributed by atoms with Crippen molar-refractivity contribution >= 4 is 15.8 Å². The Bertz CT molecular complexity index is 1000. The number of hydrogen-bond donors (Lipinski definition) is 2. The Hall–Kier alpha value is -2.37. The number of sulfone groups is 1. The minimum atomic E-state index is -4.11. The topological polar surface area (TPSA) is 144 Å². The van der Waals surface area contributed by atoms with Gasteiger partial charge >= 0.3 is 5.97 Å². The molecule has 1 aromatic heterocycles. The molecule has 4 atom stereocenters. The van der Waals surface area contributed by atoms with Crippen LogP contribution in [-0.2, 0) is 24.1 Å². The van der Waals surface area contributed by atoms with Gasteiger partial charge in [-0.1, -0.05) is 56.2 Å². The van der Waals surface area contributed by atoms with Crippen LogP contribution in [0.5, 0.6) is 0 Å². The summed E-state index contributed by atoms with van der Waals surface area (Å²) >= 11 is 0. The largest absolute Gasteiger partial charge is 0.481 e. The SMILES string of the molecule is CC1(C)O[C@H](C(c2ccccc2)S(=O)(=O)c2nn[nH]n2)C[C@H](C(C(=O)O)C(C)(C)C)O1. The zero-order valence-electron chi connectivity index (χ0n) is 18.1. The number of carboxylic acids is 1. The molecule has 2 N–H and O–H groups in total. The van der Waals surface area contributed by atoms with Gasteiger partial charge in [0, 0.05) is 6.42 Å². The molecule has 1 aliphatic rings. The van der Waals surface area contributed by atoms with Gasteiger partial charge in [0.2, 0.25) is 9.84 Å². The molecule has 0 saturated carbocycles. The third-order valence-corrected chi connectivity index (χ3v) is 7.21. The molecule has 2 unspecified atom stereocenters. The smallest absolute Gasteiger partial charge is 0.309 e. The van der Waals surface area contributed by atoms with Crippen molar-refractivity contribution in [3.63, 3.8) is 0 Å². The van der Waals surface area contributed by atoms with Gasteiger partial charge in [-0.05, 0) is 30.0 Å². The number of ether oxygens (including phenoxy) is 2. The summed E-state index contributed by atoms with van der Waals surface area (Å²) in [7, 11) is -4.11. The molecule has 0 spiro atoms. The maximum Gasteiger partial charge on any atom is 0.309 e. The maximum absolute atomic E-state index is 13.5. The van der Waals surface area contributed by atoms with Crippen LogP contribution in [-0.4, -0.2) is 58.1 Å². The van der Waals surface area contributed by atoms with Crippen LogP contribution in [0.2, 0.25) is 0 Å². The van der Waals surface area contributed by atoms with Crippen molar-refractivity contribution in [2.45, 2.75) is 69.4 Å². The first kappa shape index (κ1) is 23.3. The fraction of sp³-hybridized carbons (Fsp3) is 0.600. The number of H-pyrrole nitrogens is 1. The van der Waals surface area contributed by atoms with E-state index in [2.05, 4.69) is 20.6 Å². The molecule has 2 aromatic rings. The second-order valence-corrected chi connectivity index (χ2v) is 11.2. The van der Waals surface area contributed by atoms with Crippen LogP contribution in [0.25, 0.3) is 0 Å². The number of aromatic nitrogens is 4. The highest BCUT2D eigenvalue weighted by molar-refractivity contribution is 7.91. The minimum Gasteiger partial charge on any atom is -0.481 e. The molecule has 0 amide bonds. The lowest BCUT2D eigenvalue weighted by molar-refractivity contribution is -0.311. The number of aromatic amines is 1. The summed E-state index contributed by atoms with van der Waals surface area (Å²) in [6.45, 7) is 8.75. The molecule has 0 bridgehead atoms. The lowest BCUT2D eigenvalue weighted by Crippen LogP contribution is -2.53. The van der Waals surface area contributed by atoms with Crippen LogP contribution in [0.1, 0.15) is 51.9 Å². The third-order valence-electron chi connectivity index (χ3n) is 5.29. The summed E-state index contributed by atoms with van der Waals surface area (Å²) in [5.41, 5.74) is -0.139. The molecule has 1 aliphatic heterocycles. The fourth-order valence-electron chi connectivity index (χ4n) is 4.18. The number of aliphatic carboxylic acids is 1. The van der Waals surface area contributed by atoms with E-state index < -0.39 is 55.5 Å². The predicted octanol–water partition coefficient (Wildman–Crippen LogP) is 2.37. The normalized spacial score (nSPS) is 23.8. The summed E-state index contributed by atoms with van der Waals surface area (Å²) in [6, 6.07) is 8.60. The quantitative estimate of drug-likeness (QED) is 0.674. The van der Waals surface area contributed by atoms with Gasteiger partial charge in [0.1, 0.15) is 5.25 Å². The number of hydrogen-bond acceptors (Lipinski definition) is 8. The molecular formula is C20H28N4O6S. The van der Waals surface area contributed by atoms with Crippen LogP contribution < -0.4 is 0 Å². The zero-order valence-corrected chi connectivity index (χ0v) is 19.0. The van der Waals surface area contributed by atoms with E-state index in [0.717, 1.165) is 0 Å². The molecule has 31 heavy (non-hydrogen) atoms. The van der Waals surface area contributed by atoms with Gasteiger partial charge in [-0.3, -0.25) is 4.79 Å². The van der Waals surface area contributed by atoms with Gasteiger partial charge in [-0.2, -0.15) is 5.21 Å². The lowest BCUT2D eigenvalue weighted by Gasteiger charge is -2.46. The van der Waals surface area contributed by atoms with Gasteiger partial charge in [0.05, 0.1) is 18.1 Å². The molecular weight excluding hydrogens is 424 g/mol. The first-order valence-electron chi connectivity index (χ1n) is 9.93. The molecule has 11 heteroatoms. The second-order valence-electron chi connectivity index (χ2n) is 9.20. The first-order valence-corrected chi connectivity index (χ1v) is 11.5. The molecule has 3 rings (SSSR count). The van der Waals surface area contributed by atoms with E-state index in [4.69, 9.17) is 9.47 Å². The Morgan fingerprint density at radius 3 is 2.32 bits per heavy atom. The molecule has 1 fully saturated rings. The van der Waals surface area contributed by atoms with Crippen molar-refractivity contribution in [3.8, 4) is 0 Å². The van der Waals surface area contributed by atoms with Crippen molar-refractivity contribution in [2.24, 2.45) is 11.3 Å². The number of carbonyl (C=O) groups is 1. The Kier molecular flexibility index (Phi) is 6.23. The van der Waals surface area contributed by atoms with Gasteiger partial charge in [-0.15, -0.1) is 5.10 Å². The van der Waals surface area contributed by atoms with E-state index in [0.29, 0.717) is 5.56 Å². The molecule has 170 valence electrons. The summed E-state index contributed by atoms with van der Waals surface area (Å²) in [6.07, 6.45) is -1.60. The maximum atomic E-state index is 13.5. The van der Waals surface area contributed by atoms with Crippen LogP contribution >= 0.6 is 0 Å². The Morgan fingerprint density at radius 1 is 1.19 bits per heavy atom. The molecule has 1 aromatic carbocycles. The van der Waals surface area contributed by atoms with Crippen LogP contribution in [0.15, 0.2) is 35.5 Å². The van der Waals surface area contributed by atoms with Gasteiger partial charge in [-0.25, -0.2) is 8.42 Å². The van der Waals surface area contributed by atoms with Gasteiger partial charge < -0.3 is 14.6 Å². The number of benzene rings is 1. The molecule has 10 nitrogen and oxygen atoms in total. The highest BCUT2D eigenvalue weighted by Crippen LogP contribution is 2.44. The fourth-order valence-corrected chi connectivity index (χ4v) is 5.81. The van der Waals surface area contributed by atoms with E-state index in [9.17, 15) is 18.3 Å². The summed E-state index contributed by atoms with van der Waals surface area (Å²) < 4.78 is 39.0. The molecule has 2 heterocycles. The monoisotopic (exact) mass is 452 g/mol. The van der Waals surface area contributed by atoms with Crippen molar-refractivity contribution in [1.82, 2.24) is 20.6 Å². The first-order chi connectivity index (χ1) is 14.3. The molecule has 0 aliphatic carbocycles. The Labute approximate surface area is 181 Å². The van der Waals surface area contributed by atoms with E-state index in [1.165, 1.54) is 0 Å². The number of nitrogens with zero attached hydrogens (tertiary/aromatic N) is 3. The third kappa shape index (κ3) is 4.94. The Morgan fingerprint density at radius 2 is 1.81 bits per heavy atom. The minimum absolute atomic E-state index is 0.0638. The summed E-state index contributed by atoms with van der Waals surface area (Å²) in [5.74, 6) is -3.08. The van der Waals surface area contributed by atoms with Gasteiger partial charge in [0.15, 0.2) is 5.79 Å². The average molecular weight is 453 g/mol. The number of carboxylic acid groups (broad SMARTS) is 1. The number of nitrogens with one attached hydrogen (secondary N) is 1. The Balaban J connectivity index is 2.09. The van der Waals surface area contributed by atoms with E-state index >= 15 is 0 Å². The van der Waals surface area contributed by atoms with Crippen molar-refractivity contribution in [1.29, 1.82) is 0 Å². The molecule has 0 radical (unpaired) electrons. The highest BCUT2D eigenvalue weighted by atomic mass is 32.2. The van der Waals surface area contributed by atoms with Crippen LogP contribution in [0, 0.1) is 11.3 Å². The highest BCUT2D eigenvalue weighted by Gasteiger charge is 2.51. The van der Waals surface area contributed by atoms with Gasteiger partial charge in [0.25, 0.3) is 5.16 Å². The summed E-state index contributed by atoms with van der Waals surface area (Å²) in [5, 5.41) is 21.2. The van der Waals surface area contributed by atoms with Crippen LogP contribution in [0.4, 0.5) is 0 Å². The summed E-state index contributed by atoms with van der Waals surface area (Å²) in [4.78, 5) is 12.1. The second kappa shape index (κ2) is 8.29. The predicted molar refractivity (Wildman–Crippen MR) is 110 cm³/mol. The standard InChI is InChI=1S/C20H28N4O6S/c1-19(2,3)15(17(25)26)13-11-14(30-20(4,5)29-13)16(12-9-7-6-8-10-12)31(27,28)18-21-23-24-22-18/h6-10,13-16H,11H2,1-5H3,(H,25,26)(H,21,22,23,24)/t13-,14+,15?,16?/m1/s1. The van der Waals surface area contributed by atoms with E-state index in [-0.39, 0.29) is 6.42 Å². The van der Waals surface area contributed by atoms with E-state index in [1.807, 2.05) is 20.8 Å². The van der Waals surface area contributed by atoms with Crippen LogP contribution in [0.3, 0.4) is 0 Å². The van der Waals surface area contributed by atoms with E-state index in [1.54, 1.807) is 44.2 Å².